The standard InChI is InChI=1S/C36H38F2N5O7P/c1-22(23-9-5-3-6-10-23)33(45)42-18-17-27-14-16-31(35(47)41(2)26-11-7-4-8-12-26)43(27)34(46)30(21-42)40-32(44)29-20-24-19-25(13-15-28(24)39-29)36(37,38)51(48,49)50/h3-13,15,19-20,22,27,30-31,39H,14,16-18,21H2,1-2H3,(H,40,44)(H2,48,49,50)/t22-,27-,30+,31+/m1/s1. The van der Waals surface area contributed by atoms with Gasteiger partial charge in [-0.05, 0) is 62.1 Å². The molecule has 3 heterocycles. The molecule has 4 atom stereocenters. The van der Waals surface area contributed by atoms with E-state index in [1.165, 1.54) is 21.9 Å². The Morgan fingerprint density at radius 1 is 0.980 bits per heavy atom. The Hall–Kier alpha value is -4.91. The van der Waals surface area contributed by atoms with Gasteiger partial charge in [-0.2, -0.15) is 8.78 Å². The summed E-state index contributed by atoms with van der Waals surface area (Å²) in [5, 5.41) is 2.81. The van der Waals surface area contributed by atoms with E-state index in [9.17, 15) is 42.3 Å². The summed E-state index contributed by atoms with van der Waals surface area (Å²) in [6.45, 7) is 1.86. The van der Waals surface area contributed by atoms with Gasteiger partial charge in [0.05, 0.1) is 5.92 Å². The fourth-order valence-corrected chi connectivity index (χ4v) is 7.41. The lowest BCUT2D eigenvalue weighted by Crippen LogP contribution is -2.61. The molecular weight excluding hydrogens is 683 g/mol. The summed E-state index contributed by atoms with van der Waals surface area (Å²) in [5.74, 6) is -2.38. The van der Waals surface area contributed by atoms with Gasteiger partial charge in [0.2, 0.25) is 17.7 Å². The number of anilines is 1. The lowest BCUT2D eigenvalue weighted by Gasteiger charge is -2.40. The first-order chi connectivity index (χ1) is 24.2. The van der Waals surface area contributed by atoms with E-state index in [0.717, 1.165) is 17.7 Å². The van der Waals surface area contributed by atoms with E-state index in [0.29, 0.717) is 24.9 Å². The van der Waals surface area contributed by atoms with Crippen molar-refractivity contribution in [2.75, 3.05) is 25.0 Å². The fraction of sp³-hybridized carbons (Fsp3) is 0.333. The molecule has 0 aliphatic carbocycles. The van der Waals surface area contributed by atoms with E-state index in [4.69, 9.17) is 0 Å². The van der Waals surface area contributed by atoms with Gasteiger partial charge in [0.25, 0.3) is 5.91 Å². The van der Waals surface area contributed by atoms with Crippen molar-refractivity contribution in [3.8, 4) is 0 Å². The molecule has 15 heteroatoms. The molecule has 1 aromatic heterocycles. The van der Waals surface area contributed by atoms with Gasteiger partial charge in [-0.15, -0.1) is 0 Å². The van der Waals surface area contributed by atoms with Crippen LogP contribution in [0.1, 0.15) is 53.7 Å². The number of aromatic nitrogens is 1. The van der Waals surface area contributed by atoms with Crippen molar-refractivity contribution in [3.05, 3.63) is 102 Å². The number of nitrogens with one attached hydrogen (secondary N) is 2. The van der Waals surface area contributed by atoms with Crippen LogP contribution < -0.4 is 10.2 Å². The predicted molar refractivity (Wildman–Crippen MR) is 185 cm³/mol. The SMILES string of the molecule is C[C@@H](C(=O)N1CC[C@H]2CC[C@@H](C(=O)N(C)c3ccccc3)N2C(=O)[C@@H](NC(=O)c2cc3cc(C(F)(F)P(=O)(O)O)ccc3[nH]2)C1)c1ccccc1. The third-order valence-electron chi connectivity index (χ3n) is 9.81. The second-order valence-corrected chi connectivity index (χ2v) is 14.7. The number of carbonyl (C=O) groups excluding carboxylic acids is 4. The van der Waals surface area contributed by atoms with Crippen LogP contribution in [-0.2, 0) is 24.6 Å². The Morgan fingerprint density at radius 2 is 1.65 bits per heavy atom. The van der Waals surface area contributed by atoms with Gasteiger partial charge in [-0.3, -0.25) is 23.7 Å². The minimum absolute atomic E-state index is 0.0810. The molecule has 2 aliphatic rings. The molecule has 0 bridgehead atoms. The second-order valence-electron chi connectivity index (χ2n) is 13.0. The molecule has 0 unspecified atom stereocenters. The number of H-pyrrole nitrogens is 1. The van der Waals surface area contributed by atoms with Crippen molar-refractivity contribution in [2.45, 2.75) is 55.9 Å². The summed E-state index contributed by atoms with van der Waals surface area (Å²) in [6.07, 6.45) is 1.35. The molecule has 268 valence electrons. The third kappa shape index (κ3) is 7.03. The highest BCUT2D eigenvalue weighted by atomic mass is 31.2. The Labute approximate surface area is 292 Å². The molecule has 4 aromatic rings. The lowest BCUT2D eigenvalue weighted by molar-refractivity contribution is -0.144. The van der Waals surface area contributed by atoms with Crippen LogP contribution in [0.3, 0.4) is 0 Å². The number of rotatable bonds is 8. The van der Waals surface area contributed by atoms with Gasteiger partial charge >= 0.3 is 13.3 Å². The first kappa shape index (κ1) is 35.9. The minimum Gasteiger partial charge on any atom is -0.351 e. The van der Waals surface area contributed by atoms with Crippen LogP contribution in [0.25, 0.3) is 10.9 Å². The Morgan fingerprint density at radius 3 is 2.31 bits per heavy atom. The first-order valence-electron chi connectivity index (χ1n) is 16.5. The molecule has 4 amide bonds. The van der Waals surface area contributed by atoms with E-state index in [2.05, 4.69) is 10.3 Å². The highest BCUT2D eigenvalue weighted by molar-refractivity contribution is 7.52. The number of nitrogens with zero attached hydrogens (tertiary/aromatic N) is 3. The van der Waals surface area contributed by atoms with E-state index in [1.54, 1.807) is 43.1 Å². The molecule has 3 aromatic carbocycles. The largest absolute Gasteiger partial charge is 0.399 e. The summed E-state index contributed by atoms with van der Waals surface area (Å²) in [4.78, 5) is 81.7. The monoisotopic (exact) mass is 721 g/mol. The zero-order valence-electron chi connectivity index (χ0n) is 27.9. The van der Waals surface area contributed by atoms with Gasteiger partial charge < -0.3 is 34.8 Å². The van der Waals surface area contributed by atoms with E-state index in [1.807, 2.05) is 36.4 Å². The Bertz CT molecular complexity index is 2000. The second kappa shape index (κ2) is 14.0. The van der Waals surface area contributed by atoms with Crippen molar-refractivity contribution >= 4 is 47.8 Å². The number of carbonyl (C=O) groups is 4. The molecule has 2 saturated heterocycles. The Balaban J connectivity index is 1.30. The number of fused-ring (bicyclic) bond motifs is 2. The smallest absolute Gasteiger partial charge is 0.351 e. The van der Waals surface area contributed by atoms with Crippen LogP contribution >= 0.6 is 7.60 Å². The van der Waals surface area contributed by atoms with Gasteiger partial charge in [0, 0.05) is 48.3 Å². The van der Waals surface area contributed by atoms with Crippen LogP contribution in [0.4, 0.5) is 14.5 Å². The number of amides is 4. The topological polar surface area (TPSA) is 163 Å². The van der Waals surface area contributed by atoms with Crippen LogP contribution in [0.15, 0.2) is 84.9 Å². The van der Waals surface area contributed by atoms with Crippen molar-refractivity contribution in [3.63, 3.8) is 0 Å². The average molecular weight is 722 g/mol. The van der Waals surface area contributed by atoms with E-state index in [-0.39, 0.29) is 47.5 Å². The maximum absolute atomic E-state index is 14.5. The molecule has 4 N–H and O–H groups in total. The lowest BCUT2D eigenvalue weighted by atomic mass is 9.98. The van der Waals surface area contributed by atoms with E-state index < -0.39 is 48.6 Å². The molecular formula is C36H38F2N5O7P. The molecule has 0 radical (unpaired) electrons. The van der Waals surface area contributed by atoms with Crippen LogP contribution in [0.2, 0.25) is 0 Å². The minimum atomic E-state index is -5.83. The molecule has 12 nitrogen and oxygen atoms in total. The summed E-state index contributed by atoms with van der Waals surface area (Å²) in [5.41, 5.74) is -3.81. The number of alkyl halides is 2. The summed E-state index contributed by atoms with van der Waals surface area (Å²) >= 11 is 0. The van der Waals surface area contributed by atoms with Crippen molar-refractivity contribution in [1.29, 1.82) is 0 Å². The maximum Gasteiger partial charge on any atom is 0.399 e. The highest BCUT2D eigenvalue weighted by Crippen LogP contribution is 2.59. The molecule has 0 spiro atoms. The summed E-state index contributed by atoms with van der Waals surface area (Å²) in [6, 6.07) is 19.9. The number of halogens is 2. The molecule has 6 rings (SSSR count). The predicted octanol–water partition coefficient (Wildman–Crippen LogP) is 4.55. The Kier molecular flexibility index (Phi) is 9.86. The van der Waals surface area contributed by atoms with Gasteiger partial charge in [-0.25, -0.2) is 0 Å². The molecule has 2 fully saturated rings. The van der Waals surface area contributed by atoms with Gasteiger partial charge in [-0.1, -0.05) is 54.6 Å². The zero-order chi connectivity index (χ0) is 36.7. The number of likely N-dealkylation sites (N-methyl/N-ethyl adjacent to an activating group) is 1. The van der Waals surface area contributed by atoms with Gasteiger partial charge in [0.1, 0.15) is 17.8 Å². The van der Waals surface area contributed by atoms with Gasteiger partial charge in [0.15, 0.2) is 0 Å². The van der Waals surface area contributed by atoms with Crippen molar-refractivity contribution in [1.82, 2.24) is 20.1 Å². The molecule has 51 heavy (non-hydrogen) atoms. The van der Waals surface area contributed by atoms with Crippen molar-refractivity contribution < 1.29 is 42.3 Å². The van der Waals surface area contributed by atoms with Crippen LogP contribution in [-0.4, -0.2) is 86.5 Å². The molecule has 2 aliphatic heterocycles. The number of hydrogen-bond acceptors (Lipinski definition) is 5. The summed E-state index contributed by atoms with van der Waals surface area (Å²) in [7, 11) is -4.19. The quantitative estimate of drug-likeness (QED) is 0.194. The number of hydrogen-bond donors (Lipinski definition) is 4. The molecule has 0 saturated carbocycles. The normalized spacial score (nSPS) is 20.4. The zero-order valence-corrected chi connectivity index (χ0v) is 28.8. The number of para-hydroxylation sites is 1. The summed E-state index contributed by atoms with van der Waals surface area (Å²) < 4.78 is 40.3. The first-order valence-corrected chi connectivity index (χ1v) is 18.1. The number of aromatic amines is 1. The van der Waals surface area contributed by atoms with Crippen molar-refractivity contribution in [2.24, 2.45) is 0 Å². The van der Waals surface area contributed by atoms with Crippen LogP contribution in [0.5, 0.6) is 0 Å². The number of benzene rings is 3. The highest BCUT2D eigenvalue weighted by Gasteiger charge is 2.50. The van der Waals surface area contributed by atoms with E-state index >= 15 is 0 Å². The third-order valence-corrected chi connectivity index (χ3v) is 10.8. The maximum atomic E-state index is 14.5. The van der Waals surface area contributed by atoms with Crippen LogP contribution in [0, 0.1) is 0 Å². The average Bonchev–Trinajstić information content (AvgIpc) is 3.75. The fourth-order valence-electron chi connectivity index (χ4n) is 6.93.